The number of nitrogens with zero attached hydrogens (tertiary/aromatic N) is 3. The van der Waals surface area contributed by atoms with Gasteiger partial charge in [-0.2, -0.15) is 0 Å². The first-order chi connectivity index (χ1) is 16.9. The zero-order valence-corrected chi connectivity index (χ0v) is 18.6. The Morgan fingerprint density at radius 1 is 1.17 bits per heavy atom. The monoisotopic (exact) mass is 477 g/mol. The smallest absolute Gasteiger partial charge is 0.261 e. The van der Waals surface area contributed by atoms with Crippen LogP contribution in [0.4, 0.5) is 4.39 Å². The molecule has 4 atom stereocenters. The standard InChI is InChI=1S/C25H20FN3O6/c1-33-19-7-6-17-20(28-19)15(16(26)10-27-17)8-9-25(32)12-35-21-18(11-34-22(21)25)29-23(30)13-4-2-3-5-14(13)24(29)31/h2-10,18,21-22,32H,11-12H2,1H3/b9-8+/t18-,21+,22-,25+/m0/s1. The Hall–Kier alpha value is -3.73. The van der Waals surface area contributed by atoms with Crippen molar-refractivity contribution in [3.05, 3.63) is 71.2 Å². The number of carbonyl (C=O) groups excluding carboxylic acids is 2. The molecule has 2 saturated heterocycles. The fourth-order valence-corrected chi connectivity index (χ4v) is 4.95. The molecule has 0 aliphatic carbocycles. The maximum absolute atomic E-state index is 14.7. The number of halogens is 1. The highest BCUT2D eigenvalue weighted by Gasteiger charge is 2.58. The van der Waals surface area contributed by atoms with E-state index in [2.05, 4.69) is 9.97 Å². The van der Waals surface area contributed by atoms with E-state index in [9.17, 15) is 19.1 Å². The lowest BCUT2D eigenvalue weighted by molar-refractivity contribution is -0.0333. The maximum atomic E-state index is 14.7. The molecule has 0 spiro atoms. The van der Waals surface area contributed by atoms with Crippen molar-refractivity contribution >= 4 is 28.9 Å². The van der Waals surface area contributed by atoms with E-state index in [4.69, 9.17) is 14.2 Å². The average Bonchev–Trinajstić information content (AvgIpc) is 3.51. The molecule has 35 heavy (non-hydrogen) atoms. The third-order valence-corrected chi connectivity index (χ3v) is 6.71. The molecule has 2 fully saturated rings. The number of amides is 2. The molecule has 3 aliphatic rings. The van der Waals surface area contributed by atoms with Gasteiger partial charge in [0.25, 0.3) is 11.8 Å². The van der Waals surface area contributed by atoms with Crippen molar-refractivity contribution in [1.29, 1.82) is 0 Å². The molecule has 1 aromatic carbocycles. The predicted octanol–water partition coefficient (Wildman–Crippen LogP) is 1.98. The second-order valence-corrected chi connectivity index (χ2v) is 8.69. The molecule has 6 rings (SSSR count). The molecule has 9 nitrogen and oxygen atoms in total. The zero-order chi connectivity index (χ0) is 24.3. The Labute approximate surface area is 198 Å². The summed E-state index contributed by atoms with van der Waals surface area (Å²) in [6.45, 7) is -0.137. The Bertz CT molecular complexity index is 1380. The van der Waals surface area contributed by atoms with Crippen LogP contribution >= 0.6 is 0 Å². The lowest BCUT2D eigenvalue weighted by Gasteiger charge is -2.25. The second-order valence-electron chi connectivity index (χ2n) is 8.69. The van der Waals surface area contributed by atoms with Crippen LogP contribution in [0.1, 0.15) is 26.3 Å². The van der Waals surface area contributed by atoms with Crippen LogP contribution in [-0.4, -0.2) is 76.0 Å². The van der Waals surface area contributed by atoms with Crippen LogP contribution in [0.25, 0.3) is 17.1 Å². The van der Waals surface area contributed by atoms with Gasteiger partial charge in [-0.3, -0.25) is 19.5 Å². The Morgan fingerprint density at radius 2 is 1.91 bits per heavy atom. The van der Waals surface area contributed by atoms with Gasteiger partial charge in [0, 0.05) is 11.6 Å². The summed E-state index contributed by atoms with van der Waals surface area (Å²) in [5.74, 6) is -1.16. The molecule has 0 saturated carbocycles. The van der Waals surface area contributed by atoms with Crippen molar-refractivity contribution in [1.82, 2.24) is 14.9 Å². The summed E-state index contributed by atoms with van der Waals surface area (Å²) in [5.41, 5.74) is -0.0909. The van der Waals surface area contributed by atoms with Gasteiger partial charge in [-0.25, -0.2) is 9.37 Å². The third kappa shape index (κ3) is 3.25. The number of methoxy groups -OCH3 is 1. The molecule has 0 bridgehead atoms. The number of carbonyl (C=O) groups is 2. The van der Waals surface area contributed by atoms with E-state index in [1.54, 1.807) is 36.4 Å². The number of aromatic nitrogens is 2. The molecule has 2 amide bonds. The van der Waals surface area contributed by atoms with Gasteiger partial charge in [0.1, 0.15) is 23.3 Å². The highest BCUT2D eigenvalue weighted by atomic mass is 19.1. The molecular formula is C25H20FN3O6. The van der Waals surface area contributed by atoms with Gasteiger partial charge in [0.2, 0.25) is 5.88 Å². The fourth-order valence-electron chi connectivity index (χ4n) is 4.95. The molecular weight excluding hydrogens is 457 g/mol. The summed E-state index contributed by atoms with van der Waals surface area (Å²) in [6, 6.07) is 9.19. The summed E-state index contributed by atoms with van der Waals surface area (Å²) >= 11 is 0. The Morgan fingerprint density at radius 3 is 2.63 bits per heavy atom. The topological polar surface area (TPSA) is 111 Å². The molecule has 1 N–H and O–H groups in total. The van der Waals surface area contributed by atoms with Crippen LogP contribution in [0.5, 0.6) is 5.88 Å². The predicted molar refractivity (Wildman–Crippen MR) is 120 cm³/mol. The van der Waals surface area contributed by atoms with Crippen molar-refractivity contribution in [3.8, 4) is 5.88 Å². The van der Waals surface area contributed by atoms with Crippen LogP contribution in [0.15, 0.2) is 48.7 Å². The highest BCUT2D eigenvalue weighted by Crippen LogP contribution is 2.40. The van der Waals surface area contributed by atoms with Crippen molar-refractivity contribution in [2.75, 3.05) is 20.3 Å². The van der Waals surface area contributed by atoms with E-state index in [1.807, 2.05) is 0 Å². The van der Waals surface area contributed by atoms with Crippen LogP contribution in [0.2, 0.25) is 0 Å². The first-order valence-corrected chi connectivity index (χ1v) is 11.0. The van der Waals surface area contributed by atoms with E-state index < -0.39 is 41.5 Å². The molecule has 5 heterocycles. The minimum absolute atomic E-state index is 0.0161. The lowest BCUT2D eigenvalue weighted by Crippen LogP contribution is -2.48. The van der Waals surface area contributed by atoms with Gasteiger partial charge in [0.15, 0.2) is 5.82 Å². The summed E-state index contributed by atoms with van der Waals surface area (Å²) in [6.07, 6.45) is 2.31. The van der Waals surface area contributed by atoms with Gasteiger partial charge < -0.3 is 19.3 Å². The van der Waals surface area contributed by atoms with Crippen molar-refractivity contribution in [2.24, 2.45) is 0 Å². The van der Waals surface area contributed by atoms with Gasteiger partial charge in [0.05, 0.1) is 49.2 Å². The number of rotatable bonds is 4. The largest absolute Gasteiger partial charge is 0.481 e. The number of fused-ring (bicyclic) bond motifs is 3. The molecule has 0 radical (unpaired) electrons. The quantitative estimate of drug-likeness (QED) is 0.568. The first-order valence-electron chi connectivity index (χ1n) is 11.0. The fraction of sp³-hybridized carbons (Fsp3) is 0.280. The summed E-state index contributed by atoms with van der Waals surface area (Å²) in [5, 5.41) is 11.3. The van der Waals surface area contributed by atoms with E-state index in [-0.39, 0.29) is 24.3 Å². The molecule has 2 aromatic heterocycles. The molecule has 178 valence electrons. The van der Waals surface area contributed by atoms with Crippen LogP contribution < -0.4 is 4.74 Å². The number of ether oxygens (including phenoxy) is 3. The van der Waals surface area contributed by atoms with Crippen molar-refractivity contribution < 1.29 is 33.3 Å². The zero-order valence-electron chi connectivity index (χ0n) is 18.6. The SMILES string of the molecule is COc1ccc2ncc(F)c(/C=C/[C@@]3(O)CO[C@@H]4[C@@H](N5C(=O)c6ccccc6C5=O)CO[C@@H]43)c2n1. The maximum Gasteiger partial charge on any atom is 0.261 e. The van der Waals surface area contributed by atoms with Crippen LogP contribution in [0, 0.1) is 5.82 Å². The van der Waals surface area contributed by atoms with Gasteiger partial charge in [-0.05, 0) is 24.3 Å². The minimum atomic E-state index is -1.61. The molecule has 3 aliphatic heterocycles. The molecule has 10 heteroatoms. The number of pyridine rings is 2. The van der Waals surface area contributed by atoms with Gasteiger partial charge in [-0.15, -0.1) is 0 Å². The average molecular weight is 477 g/mol. The normalized spacial score (nSPS) is 27.7. The number of hydrogen-bond acceptors (Lipinski definition) is 8. The number of imide groups is 1. The first kappa shape index (κ1) is 21.8. The van der Waals surface area contributed by atoms with Gasteiger partial charge in [-0.1, -0.05) is 18.2 Å². The van der Waals surface area contributed by atoms with Crippen LogP contribution in [-0.2, 0) is 9.47 Å². The van der Waals surface area contributed by atoms with E-state index in [0.717, 1.165) is 11.1 Å². The summed E-state index contributed by atoms with van der Waals surface area (Å²) < 4.78 is 31.5. The van der Waals surface area contributed by atoms with E-state index in [1.165, 1.54) is 19.3 Å². The molecule has 0 unspecified atom stereocenters. The van der Waals surface area contributed by atoms with Crippen molar-refractivity contribution in [3.63, 3.8) is 0 Å². The Balaban J connectivity index is 1.29. The van der Waals surface area contributed by atoms with Gasteiger partial charge >= 0.3 is 0 Å². The number of hydrogen-bond donors (Lipinski definition) is 1. The summed E-state index contributed by atoms with van der Waals surface area (Å²) in [4.78, 5) is 35.3. The second kappa shape index (κ2) is 7.91. The minimum Gasteiger partial charge on any atom is -0.481 e. The van der Waals surface area contributed by atoms with E-state index in [0.29, 0.717) is 22.5 Å². The van der Waals surface area contributed by atoms with Crippen molar-refractivity contribution in [2.45, 2.75) is 23.9 Å². The number of benzene rings is 1. The summed E-state index contributed by atoms with van der Waals surface area (Å²) in [7, 11) is 1.46. The number of aliphatic hydroxyl groups is 1. The van der Waals surface area contributed by atoms with E-state index >= 15 is 0 Å². The Kier molecular flexibility index (Phi) is 4.92. The molecule has 3 aromatic rings. The van der Waals surface area contributed by atoms with Crippen LogP contribution in [0.3, 0.4) is 0 Å². The third-order valence-electron chi connectivity index (χ3n) is 6.71. The highest BCUT2D eigenvalue weighted by molar-refractivity contribution is 6.21. The lowest BCUT2D eigenvalue weighted by atomic mass is 9.93.